The van der Waals surface area contributed by atoms with E-state index in [-0.39, 0.29) is 11.6 Å². The Hall–Kier alpha value is -1.36. The summed E-state index contributed by atoms with van der Waals surface area (Å²) in [6.45, 7) is 1.92. The van der Waals surface area contributed by atoms with Crippen molar-refractivity contribution in [3.05, 3.63) is 17.5 Å². The zero-order chi connectivity index (χ0) is 13.1. The van der Waals surface area contributed by atoms with Crippen LogP contribution in [0.2, 0.25) is 0 Å². The van der Waals surface area contributed by atoms with Crippen molar-refractivity contribution in [3.63, 3.8) is 0 Å². The predicted octanol–water partition coefficient (Wildman–Crippen LogP) is 2.01. The fourth-order valence-electron chi connectivity index (χ4n) is 2.76. The fraction of sp³-hybridized carbons (Fsp3) is 0.692. The van der Waals surface area contributed by atoms with Crippen LogP contribution in [0.5, 0.6) is 0 Å². The molecule has 0 radical (unpaired) electrons. The van der Waals surface area contributed by atoms with Crippen molar-refractivity contribution in [2.24, 2.45) is 0 Å². The van der Waals surface area contributed by atoms with Gasteiger partial charge in [-0.05, 0) is 19.3 Å². The van der Waals surface area contributed by atoms with E-state index in [1.54, 1.807) is 4.68 Å². The number of carboxylic acids is 1. The summed E-state index contributed by atoms with van der Waals surface area (Å²) >= 11 is 0. The van der Waals surface area contributed by atoms with Gasteiger partial charge in [0, 0.05) is 0 Å². The number of carbonyl (C=O) groups is 1. The highest BCUT2D eigenvalue weighted by atomic mass is 16.4. The van der Waals surface area contributed by atoms with Gasteiger partial charge in [-0.15, -0.1) is 0 Å². The number of nitrogens with zero attached hydrogens (tertiary/aromatic N) is 2. The van der Waals surface area contributed by atoms with E-state index in [4.69, 9.17) is 5.11 Å². The lowest BCUT2D eigenvalue weighted by Crippen LogP contribution is -2.25. The lowest BCUT2D eigenvalue weighted by Gasteiger charge is -2.23. The predicted molar refractivity (Wildman–Crippen MR) is 66.7 cm³/mol. The third kappa shape index (κ3) is 2.41. The molecule has 1 aliphatic rings. The first-order valence-electron chi connectivity index (χ1n) is 6.63. The summed E-state index contributed by atoms with van der Waals surface area (Å²) in [7, 11) is 0. The average molecular weight is 252 g/mol. The molecule has 0 saturated heterocycles. The van der Waals surface area contributed by atoms with Crippen LogP contribution in [0, 0.1) is 0 Å². The Morgan fingerprint density at radius 3 is 2.83 bits per heavy atom. The zero-order valence-electron chi connectivity index (χ0n) is 10.7. The molecule has 1 aromatic rings. The molecule has 2 N–H and O–H groups in total. The molecule has 1 aromatic heterocycles. The van der Waals surface area contributed by atoms with Crippen molar-refractivity contribution in [2.45, 2.75) is 57.6 Å². The monoisotopic (exact) mass is 252 g/mol. The van der Waals surface area contributed by atoms with Crippen LogP contribution in [0.15, 0.2) is 6.20 Å². The summed E-state index contributed by atoms with van der Waals surface area (Å²) in [5, 5.41) is 23.5. The number of carboxylic acid groups (broad SMARTS) is 1. The second-order valence-corrected chi connectivity index (χ2v) is 4.88. The number of rotatable bonds is 3. The molecule has 0 bridgehead atoms. The van der Waals surface area contributed by atoms with Gasteiger partial charge in [-0.2, -0.15) is 5.10 Å². The summed E-state index contributed by atoms with van der Waals surface area (Å²) in [4.78, 5) is 11.1. The number of aromatic carboxylic acids is 1. The highest BCUT2D eigenvalue weighted by molar-refractivity contribution is 5.88. The van der Waals surface area contributed by atoms with Gasteiger partial charge in [0.25, 0.3) is 0 Å². The van der Waals surface area contributed by atoms with E-state index >= 15 is 0 Å². The maximum atomic E-state index is 11.1. The number of aliphatic hydroxyl groups is 1. The standard InChI is InChI=1S/C13H20N2O3/c1-2-10-9(13(17)18)8-14-15(10)11-6-4-3-5-7-12(11)16/h8,11-12,16H,2-7H2,1H3,(H,17,18). The second kappa shape index (κ2) is 5.52. The molecule has 2 rings (SSSR count). The number of hydrogen-bond acceptors (Lipinski definition) is 3. The highest BCUT2D eigenvalue weighted by Gasteiger charge is 2.27. The molecule has 1 saturated carbocycles. The Bertz CT molecular complexity index is 428. The molecule has 18 heavy (non-hydrogen) atoms. The Morgan fingerprint density at radius 2 is 2.17 bits per heavy atom. The van der Waals surface area contributed by atoms with Crippen LogP contribution in [0.3, 0.4) is 0 Å². The molecule has 1 aliphatic carbocycles. The molecule has 5 heteroatoms. The molecule has 1 fully saturated rings. The maximum absolute atomic E-state index is 11.1. The van der Waals surface area contributed by atoms with Crippen molar-refractivity contribution in [1.29, 1.82) is 0 Å². The SMILES string of the molecule is CCc1c(C(=O)O)cnn1C1CCCCCC1O. The lowest BCUT2D eigenvalue weighted by atomic mass is 10.1. The fourth-order valence-corrected chi connectivity index (χ4v) is 2.76. The summed E-state index contributed by atoms with van der Waals surface area (Å²) < 4.78 is 1.74. The molecule has 0 aromatic carbocycles. The van der Waals surface area contributed by atoms with E-state index in [2.05, 4.69) is 5.10 Å². The lowest BCUT2D eigenvalue weighted by molar-refractivity contribution is 0.0693. The number of hydrogen-bond donors (Lipinski definition) is 2. The van der Waals surface area contributed by atoms with E-state index < -0.39 is 12.1 Å². The van der Waals surface area contributed by atoms with Crippen molar-refractivity contribution >= 4 is 5.97 Å². The molecule has 0 amide bonds. The third-order valence-electron chi connectivity index (χ3n) is 3.72. The van der Waals surface area contributed by atoms with Crippen molar-refractivity contribution in [3.8, 4) is 0 Å². The summed E-state index contributed by atoms with van der Waals surface area (Å²) in [6.07, 6.45) is 6.47. The highest BCUT2D eigenvalue weighted by Crippen LogP contribution is 2.29. The Kier molecular flexibility index (Phi) is 4.01. The zero-order valence-corrected chi connectivity index (χ0v) is 10.7. The quantitative estimate of drug-likeness (QED) is 0.807. The van der Waals surface area contributed by atoms with Crippen LogP contribution in [-0.4, -0.2) is 32.1 Å². The van der Waals surface area contributed by atoms with E-state index in [1.165, 1.54) is 6.20 Å². The summed E-state index contributed by atoms with van der Waals surface area (Å²) in [5.74, 6) is -0.943. The summed E-state index contributed by atoms with van der Waals surface area (Å²) in [6, 6.07) is -0.0736. The molecule has 5 nitrogen and oxygen atoms in total. The molecule has 2 atom stereocenters. The van der Waals surface area contributed by atoms with Crippen LogP contribution in [-0.2, 0) is 6.42 Å². The topological polar surface area (TPSA) is 75.3 Å². The van der Waals surface area contributed by atoms with Gasteiger partial charge < -0.3 is 10.2 Å². The molecule has 1 heterocycles. The van der Waals surface area contributed by atoms with E-state index in [0.29, 0.717) is 12.1 Å². The number of aliphatic hydroxyl groups excluding tert-OH is 1. The number of aromatic nitrogens is 2. The van der Waals surface area contributed by atoms with Crippen molar-refractivity contribution < 1.29 is 15.0 Å². The van der Waals surface area contributed by atoms with Gasteiger partial charge in [0.05, 0.1) is 24.0 Å². The van der Waals surface area contributed by atoms with Gasteiger partial charge in [0.2, 0.25) is 0 Å². The Balaban J connectivity index is 2.34. The Morgan fingerprint density at radius 1 is 1.44 bits per heavy atom. The largest absolute Gasteiger partial charge is 0.478 e. The normalized spacial score (nSPS) is 24.8. The van der Waals surface area contributed by atoms with Gasteiger partial charge in [0.1, 0.15) is 5.56 Å². The molecular weight excluding hydrogens is 232 g/mol. The van der Waals surface area contributed by atoms with Crippen LogP contribution in [0.4, 0.5) is 0 Å². The van der Waals surface area contributed by atoms with Gasteiger partial charge in [0.15, 0.2) is 0 Å². The molecule has 2 unspecified atom stereocenters. The first-order valence-corrected chi connectivity index (χ1v) is 6.63. The minimum atomic E-state index is -0.943. The van der Waals surface area contributed by atoms with Crippen LogP contribution in [0.25, 0.3) is 0 Å². The Labute approximate surface area is 106 Å². The van der Waals surface area contributed by atoms with Crippen LogP contribution >= 0.6 is 0 Å². The maximum Gasteiger partial charge on any atom is 0.339 e. The average Bonchev–Trinajstić information content (AvgIpc) is 2.66. The van der Waals surface area contributed by atoms with Gasteiger partial charge in [-0.1, -0.05) is 26.2 Å². The van der Waals surface area contributed by atoms with Crippen molar-refractivity contribution in [1.82, 2.24) is 9.78 Å². The molecular formula is C13H20N2O3. The van der Waals surface area contributed by atoms with Gasteiger partial charge in [-0.25, -0.2) is 4.79 Å². The van der Waals surface area contributed by atoms with Crippen molar-refractivity contribution in [2.75, 3.05) is 0 Å². The third-order valence-corrected chi connectivity index (χ3v) is 3.72. The minimum Gasteiger partial charge on any atom is -0.478 e. The van der Waals surface area contributed by atoms with E-state index in [9.17, 15) is 9.90 Å². The first kappa shape index (κ1) is 13.1. The van der Waals surface area contributed by atoms with Gasteiger partial charge >= 0.3 is 5.97 Å². The van der Waals surface area contributed by atoms with Crippen LogP contribution < -0.4 is 0 Å². The van der Waals surface area contributed by atoms with E-state index in [1.807, 2.05) is 6.92 Å². The molecule has 0 spiro atoms. The van der Waals surface area contributed by atoms with Gasteiger partial charge in [-0.3, -0.25) is 4.68 Å². The van der Waals surface area contributed by atoms with E-state index in [0.717, 1.165) is 32.1 Å². The summed E-state index contributed by atoms with van der Waals surface area (Å²) in [5.41, 5.74) is 0.974. The smallest absolute Gasteiger partial charge is 0.339 e. The second-order valence-electron chi connectivity index (χ2n) is 4.88. The molecule has 0 aliphatic heterocycles. The molecule has 100 valence electrons. The van der Waals surface area contributed by atoms with Crippen LogP contribution in [0.1, 0.15) is 61.1 Å². The minimum absolute atomic E-state index is 0.0736. The first-order chi connectivity index (χ1) is 8.65.